The third kappa shape index (κ3) is 3.05. The topological polar surface area (TPSA) is 49.6 Å². The SMILES string of the molecule is NCCN1CCN(C(=O)c2ccc(F)cc2)CC1. The van der Waals surface area contributed by atoms with E-state index in [1.807, 2.05) is 0 Å². The zero-order chi connectivity index (χ0) is 13.0. The van der Waals surface area contributed by atoms with E-state index in [0.717, 1.165) is 19.6 Å². The molecule has 0 aliphatic carbocycles. The van der Waals surface area contributed by atoms with Crippen LogP contribution in [0.5, 0.6) is 0 Å². The van der Waals surface area contributed by atoms with Crippen LogP contribution in [-0.2, 0) is 0 Å². The molecule has 0 atom stereocenters. The van der Waals surface area contributed by atoms with Crippen LogP contribution in [0.3, 0.4) is 0 Å². The number of nitrogens with two attached hydrogens (primary N) is 1. The summed E-state index contributed by atoms with van der Waals surface area (Å²) < 4.78 is 12.8. The zero-order valence-electron chi connectivity index (χ0n) is 10.3. The zero-order valence-corrected chi connectivity index (χ0v) is 10.3. The van der Waals surface area contributed by atoms with Crippen molar-refractivity contribution in [3.63, 3.8) is 0 Å². The Hall–Kier alpha value is -1.46. The van der Waals surface area contributed by atoms with Gasteiger partial charge in [0, 0.05) is 44.8 Å². The molecule has 4 nitrogen and oxygen atoms in total. The Kier molecular flexibility index (Phi) is 4.28. The largest absolute Gasteiger partial charge is 0.336 e. The number of benzene rings is 1. The molecule has 1 aliphatic heterocycles. The second-order valence-electron chi connectivity index (χ2n) is 4.43. The second-order valence-corrected chi connectivity index (χ2v) is 4.43. The summed E-state index contributed by atoms with van der Waals surface area (Å²) in [6.45, 7) is 4.63. The number of hydrogen-bond acceptors (Lipinski definition) is 3. The lowest BCUT2D eigenvalue weighted by atomic mass is 10.2. The van der Waals surface area contributed by atoms with Crippen LogP contribution in [0.25, 0.3) is 0 Å². The summed E-state index contributed by atoms with van der Waals surface area (Å²) in [4.78, 5) is 16.2. The lowest BCUT2D eigenvalue weighted by molar-refractivity contribution is 0.0641. The monoisotopic (exact) mass is 251 g/mol. The van der Waals surface area contributed by atoms with Crippen molar-refractivity contribution in [3.8, 4) is 0 Å². The molecule has 0 saturated carbocycles. The molecule has 5 heteroatoms. The van der Waals surface area contributed by atoms with Gasteiger partial charge < -0.3 is 10.6 Å². The quantitative estimate of drug-likeness (QED) is 0.853. The van der Waals surface area contributed by atoms with Crippen LogP contribution in [0.4, 0.5) is 4.39 Å². The van der Waals surface area contributed by atoms with Crippen molar-refractivity contribution in [1.82, 2.24) is 9.80 Å². The number of piperazine rings is 1. The van der Waals surface area contributed by atoms with Crippen molar-refractivity contribution in [2.24, 2.45) is 5.73 Å². The molecule has 2 N–H and O–H groups in total. The maximum absolute atomic E-state index is 12.8. The molecule has 1 amide bonds. The standard InChI is InChI=1S/C13H18FN3O/c14-12-3-1-11(2-4-12)13(18)17-9-7-16(6-5-15)8-10-17/h1-4H,5-10,15H2. The Bertz CT molecular complexity index is 399. The predicted molar refractivity (Wildman–Crippen MR) is 67.8 cm³/mol. The maximum atomic E-state index is 12.8. The summed E-state index contributed by atoms with van der Waals surface area (Å²) in [5, 5.41) is 0. The Morgan fingerprint density at radius 3 is 2.33 bits per heavy atom. The minimum Gasteiger partial charge on any atom is -0.336 e. The molecule has 0 spiro atoms. The first-order chi connectivity index (χ1) is 8.70. The van der Waals surface area contributed by atoms with Gasteiger partial charge in [-0.2, -0.15) is 0 Å². The van der Waals surface area contributed by atoms with E-state index in [1.165, 1.54) is 24.3 Å². The fraction of sp³-hybridized carbons (Fsp3) is 0.462. The van der Waals surface area contributed by atoms with E-state index in [1.54, 1.807) is 4.90 Å². The highest BCUT2D eigenvalue weighted by Gasteiger charge is 2.21. The molecular weight excluding hydrogens is 233 g/mol. The van der Waals surface area contributed by atoms with Gasteiger partial charge in [0.1, 0.15) is 5.82 Å². The second kappa shape index (κ2) is 5.93. The van der Waals surface area contributed by atoms with Crippen LogP contribution in [0.2, 0.25) is 0 Å². The van der Waals surface area contributed by atoms with Crippen molar-refractivity contribution >= 4 is 5.91 Å². The van der Waals surface area contributed by atoms with E-state index in [-0.39, 0.29) is 11.7 Å². The molecule has 1 heterocycles. The molecule has 1 aliphatic rings. The molecule has 0 unspecified atom stereocenters. The molecule has 1 fully saturated rings. The van der Waals surface area contributed by atoms with Crippen molar-refractivity contribution in [3.05, 3.63) is 35.6 Å². The summed E-state index contributed by atoms with van der Waals surface area (Å²) in [6, 6.07) is 5.70. The van der Waals surface area contributed by atoms with Gasteiger partial charge in [-0.1, -0.05) is 0 Å². The minimum absolute atomic E-state index is 0.0256. The fourth-order valence-electron chi connectivity index (χ4n) is 2.13. The molecule has 1 aromatic carbocycles. The molecular formula is C13H18FN3O. The molecule has 2 rings (SSSR count). The molecule has 0 radical (unpaired) electrons. The highest BCUT2D eigenvalue weighted by Crippen LogP contribution is 2.09. The van der Waals surface area contributed by atoms with Crippen molar-refractivity contribution in [2.75, 3.05) is 39.3 Å². The van der Waals surface area contributed by atoms with E-state index in [0.29, 0.717) is 25.2 Å². The van der Waals surface area contributed by atoms with Crippen LogP contribution in [0.15, 0.2) is 24.3 Å². The van der Waals surface area contributed by atoms with Crippen molar-refractivity contribution < 1.29 is 9.18 Å². The summed E-state index contributed by atoms with van der Waals surface area (Å²) in [6.07, 6.45) is 0. The molecule has 18 heavy (non-hydrogen) atoms. The van der Waals surface area contributed by atoms with Gasteiger partial charge in [-0.3, -0.25) is 9.69 Å². The third-order valence-corrected chi connectivity index (χ3v) is 3.20. The molecule has 1 saturated heterocycles. The van der Waals surface area contributed by atoms with Crippen LogP contribution in [0.1, 0.15) is 10.4 Å². The summed E-state index contributed by atoms with van der Waals surface area (Å²) in [5.41, 5.74) is 6.05. The maximum Gasteiger partial charge on any atom is 0.253 e. The summed E-state index contributed by atoms with van der Waals surface area (Å²) >= 11 is 0. The van der Waals surface area contributed by atoms with Crippen molar-refractivity contribution in [1.29, 1.82) is 0 Å². The molecule has 0 bridgehead atoms. The third-order valence-electron chi connectivity index (χ3n) is 3.20. The lowest BCUT2D eigenvalue weighted by Crippen LogP contribution is -2.49. The fourth-order valence-corrected chi connectivity index (χ4v) is 2.13. The number of rotatable bonds is 3. The Morgan fingerprint density at radius 2 is 1.78 bits per heavy atom. The number of carbonyl (C=O) groups excluding carboxylic acids is 1. The van der Waals surface area contributed by atoms with Crippen LogP contribution in [-0.4, -0.2) is 55.0 Å². The van der Waals surface area contributed by atoms with Gasteiger partial charge in [-0.05, 0) is 24.3 Å². The van der Waals surface area contributed by atoms with Gasteiger partial charge in [0.2, 0.25) is 0 Å². The van der Waals surface area contributed by atoms with Crippen LogP contribution in [0, 0.1) is 5.82 Å². The highest BCUT2D eigenvalue weighted by molar-refractivity contribution is 5.94. The van der Waals surface area contributed by atoms with Crippen LogP contribution < -0.4 is 5.73 Å². The van der Waals surface area contributed by atoms with E-state index in [2.05, 4.69) is 4.90 Å². The normalized spacial score (nSPS) is 16.9. The Morgan fingerprint density at radius 1 is 1.17 bits per heavy atom. The smallest absolute Gasteiger partial charge is 0.253 e. The van der Waals surface area contributed by atoms with E-state index in [4.69, 9.17) is 5.73 Å². The lowest BCUT2D eigenvalue weighted by Gasteiger charge is -2.34. The first-order valence-electron chi connectivity index (χ1n) is 6.18. The molecule has 1 aromatic rings. The Labute approximate surface area is 106 Å². The Balaban J connectivity index is 1.93. The van der Waals surface area contributed by atoms with Gasteiger partial charge >= 0.3 is 0 Å². The average molecular weight is 251 g/mol. The van der Waals surface area contributed by atoms with Gasteiger partial charge in [-0.25, -0.2) is 4.39 Å². The summed E-state index contributed by atoms with van der Waals surface area (Å²) in [7, 11) is 0. The number of halogens is 1. The van der Waals surface area contributed by atoms with E-state index < -0.39 is 0 Å². The first-order valence-corrected chi connectivity index (χ1v) is 6.18. The number of amides is 1. The first kappa shape index (κ1) is 13.0. The number of nitrogens with zero attached hydrogens (tertiary/aromatic N) is 2. The van der Waals surface area contributed by atoms with Crippen molar-refractivity contribution in [2.45, 2.75) is 0 Å². The van der Waals surface area contributed by atoms with Gasteiger partial charge in [0.25, 0.3) is 5.91 Å². The van der Waals surface area contributed by atoms with E-state index >= 15 is 0 Å². The van der Waals surface area contributed by atoms with Gasteiger partial charge in [-0.15, -0.1) is 0 Å². The number of carbonyl (C=O) groups is 1. The van der Waals surface area contributed by atoms with Gasteiger partial charge in [0.15, 0.2) is 0 Å². The minimum atomic E-state index is -0.320. The highest BCUT2D eigenvalue weighted by atomic mass is 19.1. The van der Waals surface area contributed by atoms with Crippen LogP contribution >= 0.6 is 0 Å². The van der Waals surface area contributed by atoms with Gasteiger partial charge in [0.05, 0.1) is 0 Å². The number of hydrogen-bond donors (Lipinski definition) is 1. The molecule has 0 aromatic heterocycles. The predicted octanol–water partition coefficient (Wildman–Crippen LogP) is 0.542. The van der Waals surface area contributed by atoms with E-state index in [9.17, 15) is 9.18 Å². The molecule has 98 valence electrons. The average Bonchev–Trinajstić information content (AvgIpc) is 2.40. The summed E-state index contributed by atoms with van der Waals surface area (Å²) in [5.74, 6) is -0.346.